The van der Waals surface area contributed by atoms with Gasteiger partial charge in [-0.15, -0.1) is 0 Å². The van der Waals surface area contributed by atoms with Crippen LogP contribution in [0.4, 0.5) is 24.0 Å². The molecule has 1 aliphatic rings. The highest BCUT2D eigenvalue weighted by molar-refractivity contribution is 7.80. The molecule has 4 rings (SSSR count). The standard InChI is InChI=1S/C20H16ClF3N4OS2/c21-13-2-4-14(5-3-13)25-18(30)27-7-9-28(10-8-27)19-26-17(29)15-11-12(20(22,23)24)1-6-16(15)31-19/h1-6,11H,7-10H2,(H,25,30). The summed E-state index contributed by atoms with van der Waals surface area (Å²) in [6.45, 7) is 2.40. The van der Waals surface area contributed by atoms with E-state index in [9.17, 15) is 18.0 Å². The van der Waals surface area contributed by atoms with E-state index in [1.54, 1.807) is 12.1 Å². The fourth-order valence-electron chi connectivity index (χ4n) is 3.20. The number of anilines is 2. The van der Waals surface area contributed by atoms with E-state index in [1.165, 1.54) is 17.4 Å². The molecule has 0 aliphatic carbocycles. The summed E-state index contributed by atoms with van der Waals surface area (Å²) in [6, 6.07) is 10.4. The predicted octanol–water partition coefficient (Wildman–Crippen LogP) is 4.85. The first-order chi connectivity index (χ1) is 14.7. The van der Waals surface area contributed by atoms with E-state index in [4.69, 9.17) is 23.8 Å². The maximum absolute atomic E-state index is 12.9. The molecule has 5 nitrogen and oxygen atoms in total. The van der Waals surface area contributed by atoms with E-state index >= 15 is 0 Å². The summed E-state index contributed by atoms with van der Waals surface area (Å²) >= 11 is 12.6. The average molecular weight is 485 g/mol. The lowest BCUT2D eigenvalue weighted by molar-refractivity contribution is -0.137. The second-order valence-electron chi connectivity index (χ2n) is 6.92. The summed E-state index contributed by atoms with van der Waals surface area (Å²) in [6.07, 6.45) is -4.50. The first-order valence-corrected chi connectivity index (χ1v) is 10.9. The van der Waals surface area contributed by atoms with Crippen molar-refractivity contribution < 1.29 is 13.2 Å². The van der Waals surface area contributed by atoms with E-state index < -0.39 is 17.3 Å². The first kappa shape index (κ1) is 21.8. The Kier molecular flexibility index (Phi) is 6.05. The van der Waals surface area contributed by atoms with Crippen molar-refractivity contribution in [1.29, 1.82) is 0 Å². The van der Waals surface area contributed by atoms with Gasteiger partial charge in [-0.25, -0.2) is 0 Å². The maximum Gasteiger partial charge on any atom is 0.416 e. The molecule has 0 amide bonds. The van der Waals surface area contributed by atoms with Crippen LogP contribution < -0.4 is 15.8 Å². The molecule has 0 bridgehead atoms. The third kappa shape index (κ3) is 4.91. The second-order valence-corrected chi connectivity index (χ2v) is 8.75. The van der Waals surface area contributed by atoms with E-state index in [-0.39, 0.29) is 5.39 Å². The SMILES string of the molecule is O=c1nc(N2CCN(C(=S)Nc3ccc(Cl)cc3)CC2)sc2ccc(C(F)(F)F)cc12. The molecular formula is C20H16ClF3N4OS2. The van der Waals surface area contributed by atoms with Crippen LogP contribution >= 0.6 is 35.2 Å². The van der Waals surface area contributed by atoms with Crippen LogP contribution in [0.25, 0.3) is 10.1 Å². The van der Waals surface area contributed by atoms with Crippen molar-refractivity contribution in [2.24, 2.45) is 0 Å². The smallest absolute Gasteiger partial charge is 0.345 e. The van der Waals surface area contributed by atoms with Gasteiger partial charge in [0, 0.05) is 41.6 Å². The molecule has 11 heteroatoms. The summed E-state index contributed by atoms with van der Waals surface area (Å²) in [5, 5.41) is 4.87. The number of halogens is 4. The summed E-state index contributed by atoms with van der Waals surface area (Å²) < 4.78 is 39.2. The number of aromatic nitrogens is 1. The third-order valence-corrected chi connectivity index (χ3v) is 6.59. The van der Waals surface area contributed by atoms with Gasteiger partial charge in [0.1, 0.15) is 0 Å². The van der Waals surface area contributed by atoms with Gasteiger partial charge in [0.25, 0.3) is 5.56 Å². The zero-order valence-electron chi connectivity index (χ0n) is 15.9. The Morgan fingerprint density at radius 1 is 1.10 bits per heavy atom. The Morgan fingerprint density at radius 2 is 1.77 bits per heavy atom. The minimum Gasteiger partial charge on any atom is -0.345 e. The number of benzene rings is 2. The normalized spacial score (nSPS) is 14.7. The lowest BCUT2D eigenvalue weighted by atomic mass is 10.2. The molecule has 1 fully saturated rings. The number of thiocarbonyl (C=S) groups is 1. The number of hydrogen-bond acceptors (Lipinski definition) is 5. The van der Waals surface area contributed by atoms with Crippen LogP contribution in [0.15, 0.2) is 47.3 Å². The van der Waals surface area contributed by atoms with Gasteiger partial charge in [-0.05, 0) is 54.7 Å². The van der Waals surface area contributed by atoms with Gasteiger partial charge in [0.05, 0.1) is 10.9 Å². The minimum absolute atomic E-state index is 0.0180. The van der Waals surface area contributed by atoms with Crippen molar-refractivity contribution in [3.05, 3.63) is 63.4 Å². The molecule has 0 radical (unpaired) electrons. The molecule has 0 saturated carbocycles. The van der Waals surface area contributed by atoms with Gasteiger partial charge in [-0.2, -0.15) is 18.2 Å². The summed E-state index contributed by atoms with van der Waals surface area (Å²) in [5.74, 6) is 0. The van der Waals surface area contributed by atoms with Gasteiger partial charge < -0.3 is 15.1 Å². The minimum atomic E-state index is -4.50. The van der Waals surface area contributed by atoms with Crippen LogP contribution in [-0.4, -0.2) is 41.2 Å². The van der Waals surface area contributed by atoms with Gasteiger partial charge in [-0.3, -0.25) is 4.79 Å². The van der Waals surface area contributed by atoms with Crippen LogP contribution in [0, 0.1) is 0 Å². The summed E-state index contributed by atoms with van der Waals surface area (Å²) in [4.78, 5) is 20.4. The van der Waals surface area contributed by atoms with Crippen LogP contribution in [0.1, 0.15) is 5.56 Å². The van der Waals surface area contributed by atoms with Crippen molar-refractivity contribution >= 4 is 61.2 Å². The maximum atomic E-state index is 12.9. The number of piperazine rings is 1. The second kappa shape index (κ2) is 8.60. The van der Waals surface area contributed by atoms with Crippen molar-refractivity contribution in [2.75, 3.05) is 36.4 Å². The lowest BCUT2D eigenvalue weighted by Gasteiger charge is -2.36. The van der Waals surface area contributed by atoms with Gasteiger partial charge in [0.15, 0.2) is 10.2 Å². The molecule has 1 saturated heterocycles. The van der Waals surface area contributed by atoms with Gasteiger partial charge >= 0.3 is 6.18 Å². The van der Waals surface area contributed by atoms with E-state index in [1.807, 2.05) is 21.9 Å². The van der Waals surface area contributed by atoms with Crippen molar-refractivity contribution in [1.82, 2.24) is 9.88 Å². The van der Waals surface area contributed by atoms with Crippen LogP contribution in [-0.2, 0) is 6.18 Å². The summed E-state index contributed by atoms with van der Waals surface area (Å²) in [5.41, 5.74) is -0.671. The Hall–Kier alpha value is -2.43. The lowest BCUT2D eigenvalue weighted by Crippen LogP contribution is -2.50. The van der Waals surface area contributed by atoms with Crippen molar-refractivity contribution in [2.45, 2.75) is 6.18 Å². The topological polar surface area (TPSA) is 48.5 Å². The number of fused-ring (bicyclic) bond motifs is 1. The molecule has 2 aromatic carbocycles. The molecule has 0 spiro atoms. The third-order valence-electron chi connectivity index (χ3n) is 4.87. The number of nitrogens with zero attached hydrogens (tertiary/aromatic N) is 3. The van der Waals surface area contributed by atoms with Gasteiger partial charge in [0.2, 0.25) is 0 Å². The largest absolute Gasteiger partial charge is 0.416 e. The molecule has 3 aromatic rings. The molecule has 1 aliphatic heterocycles. The fourth-order valence-corrected chi connectivity index (χ4v) is 4.66. The Bertz CT molecular complexity index is 1180. The van der Waals surface area contributed by atoms with E-state index in [0.29, 0.717) is 46.1 Å². The quantitative estimate of drug-likeness (QED) is 0.525. The molecule has 0 unspecified atom stereocenters. The Labute approximate surface area is 190 Å². The average Bonchev–Trinajstić information content (AvgIpc) is 2.74. The highest BCUT2D eigenvalue weighted by atomic mass is 35.5. The van der Waals surface area contributed by atoms with E-state index in [0.717, 1.165) is 17.8 Å². The number of nitrogens with one attached hydrogen (secondary N) is 1. The van der Waals surface area contributed by atoms with Crippen LogP contribution in [0.3, 0.4) is 0 Å². The van der Waals surface area contributed by atoms with Crippen molar-refractivity contribution in [3.8, 4) is 0 Å². The Balaban J connectivity index is 1.45. The molecule has 31 heavy (non-hydrogen) atoms. The molecular weight excluding hydrogens is 469 g/mol. The molecule has 1 aromatic heterocycles. The van der Waals surface area contributed by atoms with E-state index in [2.05, 4.69) is 10.3 Å². The molecule has 2 heterocycles. The fraction of sp³-hybridized carbons (Fsp3) is 0.250. The zero-order chi connectivity index (χ0) is 22.2. The number of alkyl halides is 3. The highest BCUT2D eigenvalue weighted by Crippen LogP contribution is 2.33. The van der Waals surface area contributed by atoms with Gasteiger partial charge in [-0.1, -0.05) is 22.9 Å². The summed E-state index contributed by atoms with van der Waals surface area (Å²) in [7, 11) is 0. The highest BCUT2D eigenvalue weighted by Gasteiger charge is 2.31. The molecule has 1 N–H and O–H groups in total. The number of rotatable bonds is 2. The Morgan fingerprint density at radius 3 is 2.42 bits per heavy atom. The zero-order valence-corrected chi connectivity index (χ0v) is 18.3. The molecule has 0 atom stereocenters. The first-order valence-electron chi connectivity index (χ1n) is 9.29. The monoisotopic (exact) mass is 484 g/mol. The number of hydrogen-bond donors (Lipinski definition) is 1. The molecule has 162 valence electrons. The predicted molar refractivity (Wildman–Crippen MR) is 122 cm³/mol. The van der Waals surface area contributed by atoms with Crippen molar-refractivity contribution in [3.63, 3.8) is 0 Å². The van der Waals surface area contributed by atoms with Crippen LogP contribution in [0.5, 0.6) is 0 Å². The van der Waals surface area contributed by atoms with Crippen LogP contribution in [0.2, 0.25) is 5.02 Å².